The second-order valence-electron chi connectivity index (χ2n) is 8.14. The minimum absolute atomic E-state index is 0.00858. The van der Waals surface area contributed by atoms with Gasteiger partial charge in [0.2, 0.25) is 11.7 Å². The number of carbonyl (C=O) groups excluding carboxylic acids is 1. The molecule has 0 saturated carbocycles. The molecule has 1 saturated heterocycles. The number of aromatic nitrogens is 2. The Balaban J connectivity index is 1.63. The van der Waals surface area contributed by atoms with Crippen LogP contribution in [0.25, 0.3) is 5.69 Å². The Morgan fingerprint density at radius 1 is 1.00 bits per heavy atom. The third kappa shape index (κ3) is 5.82. The van der Waals surface area contributed by atoms with Crippen LogP contribution in [0.1, 0.15) is 18.4 Å². The Hall–Kier alpha value is -3.82. The lowest BCUT2D eigenvalue weighted by Crippen LogP contribution is -2.49. The highest BCUT2D eigenvalue weighted by Gasteiger charge is 2.25. The first-order chi connectivity index (χ1) is 17.0. The Kier molecular flexibility index (Phi) is 7.69. The lowest BCUT2D eigenvalue weighted by atomic mass is 10.2. The van der Waals surface area contributed by atoms with Crippen LogP contribution in [0.15, 0.2) is 59.5 Å². The standard InChI is InChI=1S/C25H25F3N4O3/c26-8-4-7-23(33)31-11-9-30(10-12-31)22-16-29-32(21-14-19(27)13-20(28)15-21)25(34)24(22)35-17-18-5-2-1-3-6-18/h1-3,5-6,13-16H,4,7-12,17H2. The first kappa shape index (κ1) is 24.3. The molecular formula is C25H25F3N4O3. The number of ether oxygens (including phenoxy) is 1. The zero-order valence-corrected chi connectivity index (χ0v) is 19.0. The summed E-state index contributed by atoms with van der Waals surface area (Å²) < 4.78 is 46.8. The molecule has 0 radical (unpaired) electrons. The van der Waals surface area contributed by atoms with E-state index in [1.54, 1.807) is 4.90 Å². The molecule has 2 aromatic carbocycles. The number of hydrogen-bond donors (Lipinski definition) is 0. The van der Waals surface area contributed by atoms with Gasteiger partial charge in [-0.15, -0.1) is 0 Å². The van der Waals surface area contributed by atoms with Gasteiger partial charge in [-0.25, -0.2) is 8.78 Å². The molecule has 1 aliphatic rings. The normalized spacial score (nSPS) is 13.7. The highest BCUT2D eigenvalue weighted by Crippen LogP contribution is 2.26. The second kappa shape index (κ2) is 11.1. The number of nitrogens with zero attached hydrogens (tertiary/aromatic N) is 4. The molecule has 0 N–H and O–H groups in total. The third-order valence-electron chi connectivity index (χ3n) is 5.73. The first-order valence-corrected chi connectivity index (χ1v) is 11.3. The van der Waals surface area contributed by atoms with E-state index in [4.69, 9.17) is 4.74 Å². The minimum Gasteiger partial charge on any atom is -0.481 e. The average Bonchev–Trinajstić information content (AvgIpc) is 2.86. The van der Waals surface area contributed by atoms with E-state index in [0.29, 0.717) is 37.9 Å². The van der Waals surface area contributed by atoms with Crippen molar-refractivity contribution in [2.45, 2.75) is 19.4 Å². The molecule has 0 spiro atoms. The summed E-state index contributed by atoms with van der Waals surface area (Å²) in [5.41, 5.74) is 0.535. The fourth-order valence-electron chi connectivity index (χ4n) is 3.94. The molecule has 35 heavy (non-hydrogen) atoms. The van der Waals surface area contributed by atoms with Crippen molar-refractivity contribution >= 4 is 11.6 Å². The van der Waals surface area contributed by atoms with Crippen LogP contribution in [0.4, 0.5) is 18.9 Å². The number of anilines is 1. The van der Waals surface area contributed by atoms with Gasteiger partial charge in [-0.05, 0) is 24.1 Å². The van der Waals surface area contributed by atoms with Crippen molar-refractivity contribution in [2.75, 3.05) is 37.8 Å². The average molecular weight is 486 g/mol. The topological polar surface area (TPSA) is 67.7 Å². The summed E-state index contributed by atoms with van der Waals surface area (Å²) in [4.78, 5) is 29.1. The van der Waals surface area contributed by atoms with Crippen LogP contribution in [0.3, 0.4) is 0 Å². The molecule has 0 unspecified atom stereocenters. The summed E-state index contributed by atoms with van der Waals surface area (Å²) in [5, 5.41) is 4.14. The maximum absolute atomic E-state index is 13.8. The van der Waals surface area contributed by atoms with E-state index < -0.39 is 23.9 Å². The number of piperazine rings is 1. The van der Waals surface area contributed by atoms with Crippen LogP contribution in [0.5, 0.6) is 5.75 Å². The van der Waals surface area contributed by atoms with Crippen LogP contribution < -0.4 is 15.2 Å². The molecule has 4 rings (SSSR count). The molecule has 7 nitrogen and oxygen atoms in total. The van der Waals surface area contributed by atoms with Crippen molar-refractivity contribution in [1.82, 2.24) is 14.7 Å². The van der Waals surface area contributed by atoms with Gasteiger partial charge in [0.1, 0.15) is 23.9 Å². The van der Waals surface area contributed by atoms with Gasteiger partial charge in [0.05, 0.1) is 18.6 Å². The molecule has 0 aliphatic carbocycles. The summed E-state index contributed by atoms with van der Waals surface area (Å²) in [6.45, 7) is 1.21. The van der Waals surface area contributed by atoms with Gasteiger partial charge in [-0.3, -0.25) is 14.0 Å². The predicted octanol–water partition coefficient (Wildman–Crippen LogP) is 3.49. The molecule has 1 aliphatic heterocycles. The van der Waals surface area contributed by atoms with Gasteiger partial charge >= 0.3 is 5.56 Å². The lowest BCUT2D eigenvalue weighted by molar-refractivity contribution is -0.131. The Morgan fingerprint density at radius 3 is 2.34 bits per heavy atom. The Bertz CT molecular complexity index is 1210. The second-order valence-corrected chi connectivity index (χ2v) is 8.14. The predicted molar refractivity (Wildman–Crippen MR) is 125 cm³/mol. The van der Waals surface area contributed by atoms with Crippen molar-refractivity contribution in [3.05, 3.63) is 82.3 Å². The van der Waals surface area contributed by atoms with E-state index in [-0.39, 0.29) is 36.8 Å². The molecular weight excluding hydrogens is 461 g/mol. The summed E-state index contributed by atoms with van der Waals surface area (Å²) in [5.74, 6) is -1.79. The smallest absolute Gasteiger partial charge is 0.316 e. The van der Waals surface area contributed by atoms with Gasteiger partial charge in [-0.1, -0.05) is 30.3 Å². The van der Waals surface area contributed by atoms with Crippen LogP contribution >= 0.6 is 0 Å². The molecule has 1 aromatic heterocycles. The van der Waals surface area contributed by atoms with Gasteiger partial charge in [0.25, 0.3) is 0 Å². The fraction of sp³-hybridized carbons (Fsp3) is 0.320. The van der Waals surface area contributed by atoms with E-state index in [2.05, 4.69) is 5.10 Å². The monoisotopic (exact) mass is 486 g/mol. The van der Waals surface area contributed by atoms with Crippen LogP contribution in [-0.4, -0.2) is 53.4 Å². The molecule has 1 amide bonds. The van der Waals surface area contributed by atoms with Crippen LogP contribution in [0.2, 0.25) is 0 Å². The molecule has 2 heterocycles. The summed E-state index contributed by atoms with van der Waals surface area (Å²) in [6.07, 6.45) is 1.77. The van der Waals surface area contributed by atoms with Crippen molar-refractivity contribution in [3.8, 4) is 11.4 Å². The minimum atomic E-state index is -0.835. The fourth-order valence-corrected chi connectivity index (χ4v) is 3.94. The van der Waals surface area contributed by atoms with Crippen molar-refractivity contribution in [3.63, 3.8) is 0 Å². The highest BCUT2D eigenvalue weighted by molar-refractivity contribution is 5.76. The summed E-state index contributed by atoms with van der Waals surface area (Å²) >= 11 is 0. The van der Waals surface area contributed by atoms with Gasteiger partial charge in [-0.2, -0.15) is 9.78 Å². The molecule has 10 heteroatoms. The van der Waals surface area contributed by atoms with Gasteiger partial charge in [0, 0.05) is 38.7 Å². The zero-order valence-electron chi connectivity index (χ0n) is 19.0. The SMILES string of the molecule is O=C(CCCF)N1CCN(c2cnn(-c3cc(F)cc(F)c3)c(=O)c2OCc2ccccc2)CC1. The summed E-state index contributed by atoms with van der Waals surface area (Å²) in [6, 6.07) is 12.0. The first-order valence-electron chi connectivity index (χ1n) is 11.3. The van der Waals surface area contributed by atoms with Gasteiger partial charge in [0.15, 0.2) is 0 Å². The van der Waals surface area contributed by atoms with E-state index in [1.165, 1.54) is 6.20 Å². The third-order valence-corrected chi connectivity index (χ3v) is 5.73. The van der Waals surface area contributed by atoms with Crippen molar-refractivity contribution in [2.24, 2.45) is 0 Å². The quantitative estimate of drug-likeness (QED) is 0.488. The number of carbonyl (C=O) groups is 1. The Labute approximate surface area is 200 Å². The van der Waals surface area contributed by atoms with Crippen molar-refractivity contribution < 1.29 is 22.7 Å². The van der Waals surface area contributed by atoms with Crippen LogP contribution in [-0.2, 0) is 11.4 Å². The molecule has 1 fully saturated rings. The molecule has 0 bridgehead atoms. The molecule has 3 aromatic rings. The number of rotatable bonds is 8. The lowest BCUT2D eigenvalue weighted by Gasteiger charge is -2.36. The zero-order chi connectivity index (χ0) is 24.8. The van der Waals surface area contributed by atoms with Gasteiger partial charge < -0.3 is 14.5 Å². The van der Waals surface area contributed by atoms with Crippen LogP contribution in [0, 0.1) is 11.6 Å². The van der Waals surface area contributed by atoms with Crippen molar-refractivity contribution in [1.29, 1.82) is 0 Å². The maximum atomic E-state index is 13.8. The molecule has 184 valence electrons. The number of benzene rings is 2. The Morgan fingerprint density at radius 2 is 1.69 bits per heavy atom. The largest absolute Gasteiger partial charge is 0.481 e. The van der Waals surface area contributed by atoms with E-state index >= 15 is 0 Å². The maximum Gasteiger partial charge on any atom is 0.316 e. The summed E-state index contributed by atoms with van der Waals surface area (Å²) in [7, 11) is 0. The number of alkyl halides is 1. The van der Waals surface area contributed by atoms with E-state index in [0.717, 1.165) is 22.4 Å². The van der Waals surface area contributed by atoms with E-state index in [1.807, 2.05) is 35.2 Å². The van der Waals surface area contributed by atoms with E-state index in [9.17, 15) is 22.8 Å². The molecule has 0 atom stereocenters. The number of halogens is 3. The number of amides is 1. The highest BCUT2D eigenvalue weighted by atomic mass is 19.1. The number of hydrogen-bond acceptors (Lipinski definition) is 5.